The van der Waals surface area contributed by atoms with E-state index in [9.17, 15) is 13.2 Å². The molecule has 3 aromatic rings. The highest BCUT2D eigenvalue weighted by atomic mass is 32.2. The Morgan fingerprint density at radius 3 is 2.35 bits per heavy atom. The number of aromatic amines is 1. The number of amides is 1. The Morgan fingerprint density at radius 1 is 1.15 bits per heavy atom. The summed E-state index contributed by atoms with van der Waals surface area (Å²) in [5, 5.41) is 13.2. The predicted octanol–water partition coefficient (Wildman–Crippen LogP) is 3.44. The molecule has 1 aliphatic heterocycles. The van der Waals surface area contributed by atoms with Crippen molar-refractivity contribution in [2.24, 2.45) is 0 Å². The second-order valence-electron chi connectivity index (χ2n) is 7.96. The third-order valence-electron chi connectivity index (χ3n) is 5.47. The average molecular weight is 487 g/mol. The lowest BCUT2D eigenvalue weighted by atomic mass is 10.1. The Hall–Kier alpha value is -3.05. The van der Waals surface area contributed by atoms with Gasteiger partial charge in [-0.25, -0.2) is 0 Å². The molecule has 0 radical (unpaired) electrons. The smallest absolute Gasteiger partial charge is 0.294 e. The molecule has 4 N–H and O–H groups in total. The molecule has 182 valence electrons. The Balaban J connectivity index is 0.000000248. The zero-order valence-electron chi connectivity index (χ0n) is 19.5. The van der Waals surface area contributed by atoms with E-state index in [2.05, 4.69) is 20.8 Å². The van der Waals surface area contributed by atoms with Crippen LogP contribution < -0.4 is 10.6 Å². The Bertz CT molecular complexity index is 1200. The number of rotatable bonds is 5. The fourth-order valence-electron chi connectivity index (χ4n) is 3.46. The first-order valence-electron chi connectivity index (χ1n) is 11.0. The molecule has 1 aliphatic rings. The van der Waals surface area contributed by atoms with Gasteiger partial charge in [0.2, 0.25) is 0 Å². The molecule has 1 amide bonds. The molecule has 0 spiro atoms. The van der Waals surface area contributed by atoms with Gasteiger partial charge in [-0.2, -0.15) is 13.5 Å². The highest BCUT2D eigenvalue weighted by Crippen LogP contribution is 2.21. The summed E-state index contributed by atoms with van der Waals surface area (Å²) in [4.78, 5) is 12.3. The number of carbonyl (C=O) groups excluding carboxylic acids is 1. The van der Waals surface area contributed by atoms with Gasteiger partial charge in [0.05, 0.1) is 17.6 Å². The molecule has 2 aromatic carbocycles. The van der Waals surface area contributed by atoms with Crippen LogP contribution in [0.2, 0.25) is 0 Å². The van der Waals surface area contributed by atoms with E-state index < -0.39 is 10.1 Å². The first kappa shape index (κ1) is 25.6. The van der Waals surface area contributed by atoms with E-state index in [0.29, 0.717) is 5.69 Å². The summed E-state index contributed by atoms with van der Waals surface area (Å²) in [5.74, 6) is -0.193. The molecule has 10 heteroatoms. The second-order valence-corrected chi connectivity index (χ2v) is 9.38. The van der Waals surface area contributed by atoms with Crippen LogP contribution in [-0.2, 0) is 21.3 Å². The van der Waals surface area contributed by atoms with Crippen molar-refractivity contribution in [2.45, 2.75) is 38.2 Å². The number of anilines is 1. The topological polar surface area (TPSA) is 133 Å². The van der Waals surface area contributed by atoms with Crippen molar-refractivity contribution in [2.75, 3.05) is 25.0 Å². The summed E-state index contributed by atoms with van der Waals surface area (Å²) in [6.45, 7) is 8.22. The van der Waals surface area contributed by atoms with Gasteiger partial charge in [-0.1, -0.05) is 36.8 Å². The number of nitrogens with one attached hydrogen (secondary N) is 3. The molecule has 2 heterocycles. The molecule has 9 nitrogen and oxygen atoms in total. The molecular weight excluding hydrogens is 456 g/mol. The number of hydrogen-bond acceptors (Lipinski definition) is 6. The van der Waals surface area contributed by atoms with Crippen molar-refractivity contribution in [3.63, 3.8) is 0 Å². The number of ether oxygens (including phenoxy) is 1. The van der Waals surface area contributed by atoms with E-state index in [1.165, 1.54) is 12.1 Å². The molecule has 1 saturated heterocycles. The van der Waals surface area contributed by atoms with E-state index in [1.54, 1.807) is 12.1 Å². The maximum atomic E-state index is 12.3. The normalized spacial score (nSPS) is 15.8. The monoisotopic (exact) mass is 486 g/mol. The summed E-state index contributed by atoms with van der Waals surface area (Å²) >= 11 is 0. The molecule has 1 atom stereocenters. The lowest BCUT2D eigenvalue weighted by molar-refractivity contribution is 0.0277. The Morgan fingerprint density at radius 2 is 1.82 bits per heavy atom. The molecule has 0 saturated carbocycles. The number of benzene rings is 2. The summed E-state index contributed by atoms with van der Waals surface area (Å²) in [5.41, 5.74) is 5.17. The van der Waals surface area contributed by atoms with Gasteiger partial charge < -0.3 is 15.4 Å². The van der Waals surface area contributed by atoms with Crippen molar-refractivity contribution in [3.8, 4) is 0 Å². The lowest BCUT2D eigenvalue weighted by Gasteiger charge is -2.24. The van der Waals surface area contributed by atoms with Gasteiger partial charge in [0.15, 0.2) is 5.69 Å². The van der Waals surface area contributed by atoms with E-state index in [0.717, 1.165) is 54.2 Å². The zero-order chi connectivity index (χ0) is 24.7. The van der Waals surface area contributed by atoms with Crippen LogP contribution >= 0.6 is 0 Å². The maximum absolute atomic E-state index is 12.3. The van der Waals surface area contributed by atoms with E-state index >= 15 is 0 Å². The first-order valence-corrected chi connectivity index (χ1v) is 12.4. The number of aryl methyl sites for hydroxylation is 2. The van der Waals surface area contributed by atoms with Crippen molar-refractivity contribution in [1.29, 1.82) is 0 Å². The van der Waals surface area contributed by atoms with E-state index in [-0.39, 0.29) is 16.9 Å². The SMILES string of the molecule is CCc1[nH]nc(C(=O)Nc2ccc([C@H]3CNCCO3)cc2)c1C.Cc1ccc(S(=O)(=O)O)cc1. The number of nitrogens with zero attached hydrogens (tertiary/aromatic N) is 1. The highest BCUT2D eigenvalue weighted by molar-refractivity contribution is 7.85. The number of H-pyrrole nitrogens is 1. The molecule has 1 aromatic heterocycles. The van der Waals surface area contributed by atoms with Crippen LogP contribution in [0.15, 0.2) is 53.4 Å². The molecule has 4 rings (SSSR count). The van der Waals surface area contributed by atoms with Crippen LogP contribution in [0.1, 0.15) is 45.9 Å². The highest BCUT2D eigenvalue weighted by Gasteiger charge is 2.17. The van der Waals surface area contributed by atoms with Crippen molar-refractivity contribution < 1.29 is 22.5 Å². The third kappa shape index (κ3) is 6.73. The van der Waals surface area contributed by atoms with Crippen LogP contribution in [-0.4, -0.2) is 48.8 Å². The summed E-state index contributed by atoms with van der Waals surface area (Å²) in [6.07, 6.45) is 0.908. The summed E-state index contributed by atoms with van der Waals surface area (Å²) in [7, 11) is -4.02. The van der Waals surface area contributed by atoms with Gasteiger partial charge in [-0.05, 0) is 50.1 Å². The van der Waals surface area contributed by atoms with Crippen LogP contribution in [0.25, 0.3) is 0 Å². The quantitative estimate of drug-likeness (QED) is 0.406. The van der Waals surface area contributed by atoms with Crippen molar-refractivity contribution in [1.82, 2.24) is 15.5 Å². The molecule has 0 bridgehead atoms. The van der Waals surface area contributed by atoms with Crippen LogP contribution in [0, 0.1) is 13.8 Å². The summed E-state index contributed by atoms with van der Waals surface area (Å²) in [6, 6.07) is 13.8. The van der Waals surface area contributed by atoms with E-state index in [4.69, 9.17) is 9.29 Å². The van der Waals surface area contributed by atoms with Gasteiger partial charge in [0.1, 0.15) is 0 Å². The number of hydrogen-bond donors (Lipinski definition) is 4. The molecular formula is C24H30N4O5S. The van der Waals surface area contributed by atoms with Crippen LogP contribution in [0.5, 0.6) is 0 Å². The average Bonchev–Trinajstić information content (AvgIpc) is 3.21. The van der Waals surface area contributed by atoms with Gasteiger partial charge in [-0.15, -0.1) is 0 Å². The third-order valence-corrected chi connectivity index (χ3v) is 6.33. The Labute approximate surface area is 199 Å². The molecule has 34 heavy (non-hydrogen) atoms. The van der Waals surface area contributed by atoms with Crippen LogP contribution in [0.4, 0.5) is 5.69 Å². The van der Waals surface area contributed by atoms with Crippen molar-refractivity contribution in [3.05, 3.63) is 76.6 Å². The minimum absolute atomic E-state index is 0.0666. The molecule has 1 fully saturated rings. The number of morpholine rings is 1. The second kappa shape index (κ2) is 11.4. The minimum Gasteiger partial charge on any atom is -0.371 e. The number of aromatic nitrogens is 2. The summed E-state index contributed by atoms with van der Waals surface area (Å²) < 4.78 is 35.3. The van der Waals surface area contributed by atoms with Gasteiger partial charge in [0, 0.05) is 30.0 Å². The van der Waals surface area contributed by atoms with E-state index in [1.807, 2.05) is 45.0 Å². The van der Waals surface area contributed by atoms with Crippen molar-refractivity contribution >= 4 is 21.7 Å². The standard InChI is InChI=1S/C17H22N4O2.C7H8O3S/c1-3-14-11(2)16(21-20-14)17(22)19-13-6-4-12(5-7-13)15-10-18-8-9-23-15;1-6-2-4-7(5-3-6)11(8,9)10/h4-7,15,18H,3,8-10H2,1-2H3,(H,19,22)(H,20,21);2-5H,1H3,(H,8,9,10)/t15-;/m1./s1. The maximum Gasteiger partial charge on any atom is 0.294 e. The van der Waals surface area contributed by atoms with Crippen LogP contribution in [0.3, 0.4) is 0 Å². The minimum atomic E-state index is -4.02. The Kier molecular flexibility index (Phi) is 8.56. The molecule has 0 unspecified atom stereocenters. The predicted molar refractivity (Wildman–Crippen MR) is 130 cm³/mol. The fraction of sp³-hybridized carbons (Fsp3) is 0.333. The van der Waals surface area contributed by atoms with Gasteiger partial charge in [-0.3, -0.25) is 14.4 Å². The van der Waals surface area contributed by atoms with Gasteiger partial charge >= 0.3 is 0 Å². The number of carbonyl (C=O) groups is 1. The lowest BCUT2D eigenvalue weighted by Crippen LogP contribution is -2.33. The zero-order valence-corrected chi connectivity index (χ0v) is 20.3. The first-order chi connectivity index (χ1) is 16.2. The van der Waals surface area contributed by atoms with Gasteiger partial charge in [0.25, 0.3) is 16.0 Å². The fourth-order valence-corrected chi connectivity index (χ4v) is 3.94. The largest absolute Gasteiger partial charge is 0.371 e. The molecule has 0 aliphatic carbocycles.